The minimum atomic E-state index is 0.0276. The number of fused-ring (bicyclic) bond motifs is 1. The number of H-pyrrole nitrogens is 1. The fourth-order valence-electron chi connectivity index (χ4n) is 4.71. The number of carbonyl (C=O) groups is 2. The van der Waals surface area contributed by atoms with Crippen LogP contribution in [0.3, 0.4) is 0 Å². The summed E-state index contributed by atoms with van der Waals surface area (Å²) in [7, 11) is 0. The number of halogens is 1. The fraction of sp³-hybridized carbons (Fsp3) is 0.565. The lowest BCUT2D eigenvalue weighted by Crippen LogP contribution is -2.45. The maximum absolute atomic E-state index is 12.9. The highest BCUT2D eigenvalue weighted by Crippen LogP contribution is 2.29. The van der Waals surface area contributed by atoms with Crippen molar-refractivity contribution in [2.45, 2.75) is 39.5 Å². The smallest absolute Gasteiger partial charge is 0.270 e. The van der Waals surface area contributed by atoms with Gasteiger partial charge in [-0.15, -0.1) is 0 Å². The number of nitrogens with one attached hydrogen (secondary N) is 1. The van der Waals surface area contributed by atoms with Crippen LogP contribution in [0.2, 0.25) is 5.02 Å². The molecule has 0 spiro atoms. The highest BCUT2D eigenvalue weighted by Gasteiger charge is 2.33. The van der Waals surface area contributed by atoms with E-state index in [4.69, 9.17) is 11.6 Å². The minimum Gasteiger partial charge on any atom is -0.351 e. The first-order valence-electron chi connectivity index (χ1n) is 10.8. The molecule has 2 aliphatic heterocycles. The van der Waals surface area contributed by atoms with E-state index in [-0.39, 0.29) is 11.8 Å². The van der Waals surface area contributed by atoms with Gasteiger partial charge in [0, 0.05) is 48.0 Å². The maximum Gasteiger partial charge on any atom is 0.270 e. The Labute approximate surface area is 177 Å². The van der Waals surface area contributed by atoms with Gasteiger partial charge in [0.25, 0.3) is 5.91 Å². The van der Waals surface area contributed by atoms with Gasteiger partial charge in [0.15, 0.2) is 0 Å². The van der Waals surface area contributed by atoms with E-state index in [1.807, 2.05) is 29.2 Å². The van der Waals surface area contributed by atoms with Gasteiger partial charge >= 0.3 is 0 Å². The Balaban J connectivity index is 1.34. The average Bonchev–Trinajstić information content (AvgIpc) is 3.16. The topological polar surface area (TPSA) is 56.4 Å². The van der Waals surface area contributed by atoms with Crippen molar-refractivity contribution in [3.05, 3.63) is 35.0 Å². The van der Waals surface area contributed by atoms with Gasteiger partial charge in [0.05, 0.1) is 0 Å². The Morgan fingerprint density at radius 1 is 1.03 bits per heavy atom. The van der Waals surface area contributed by atoms with Crippen molar-refractivity contribution in [2.75, 3.05) is 26.2 Å². The number of hydrogen-bond donors (Lipinski definition) is 1. The second-order valence-corrected chi connectivity index (χ2v) is 9.28. The molecule has 0 saturated carbocycles. The van der Waals surface area contributed by atoms with Gasteiger partial charge in [-0.3, -0.25) is 9.59 Å². The van der Waals surface area contributed by atoms with Gasteiger partial charge in [-0.1, -0.05) is 25.4 Å². The van der Waals surface area contributed by atoms with Gasteiger partial charge in [-0.25, -0.2) is 0 Å². The second kappa shape index (κ2) is 8.39. The van der Waals surface area contributed by atoms with Crippen LogP contribution < -0.4 is 0 Å². The van der Waals surface area contributed by atoms with Crippen LogP contribution in [0, 0.1) is 17.8 Å². The van der Waals surface area contributed by atoms with Crippen LogP contribution in [0.4, 0.5) is 0 Å². The predicted molar refractivity (Wildman–Crippen MR) is 116 cm³/mol. The summed E-state index contributed by atoms with van der Waals surface area (Å²) in [4.78, 5) is 33.0. The Hall–Kier alpha value is -2.01. The highest BCUT2D eigenvalue weighted by atomic mass is 35.5. The summed E-state index contributed by atoms with van der Waals surface area (Å²) in [6, 6.07) is 7.46. The van der Waals surface area contributed by atoms with Crippen LogP contribution in [-0.2, 0) is 4.79 Å². The predicted octanol–water partition coefficient (Wildman–Crippen LogP) is 4.57. The number of aromatic amines is 1. The molecule has 4 rings (SSSR count). The van der Waals surface area contributed by atoms with Gasteiger partial charge < -0.3 is 14.8 Å². The van der Waals surface area contributed by atoms with Crippen LogP contribution >= 0.6 is 11.6 Å². The van der Waals surface area contributed by atoms with E-state index >= 15 is 0 Å². The van der Waals surface area contributed by atoms with E-state index in [2.05, 4.69) is 23.7 Å². The lowest BCUT2D eigenvalue weighted by atomic mass is 9.84. The second-order valence-electron chi connectivity index (χ2n) is 8.84. The zero-order chi connectivity index (χ0) is 20.5. The third-order valence-electron chi connectivity index (χ3n) is 6.83. The van der Waals surface area contributed by atoms with Crippen molar-refractivity contribution in [1.29, 1.82) is 0 Å². The molecular weight excluding hydrogens is 386 g/mol. The van der Waals surface area contributed by atoms with Gasteiger partial charge in [0.2, 0.25) is 5.91 Å². The van der Waals surface area contributed by atoms with Gasteiger partial charge in [-0.05, 0) is 61.8 Å². The van der Waals surface area contributed by atoms with Crippen molar-refractivity contribution in [1.82, 2.24) is 14.8 Å². The number of hydrogen-bond acceptors (Lipinski definition) is 2. The first-order chi connectivity index (χ1) is 13.9. The summed E-state index contributed by atoms with van der Waals surface area (Å²) < 4.78 is 0. The third kappa shape index (κ3) is 4.30. The highest BCUT2D eigenvalue weighted by molar-refractivity contribution is 6.31. The Morgan fingerprint density at radius 3 is 2.38 bits per heavy atom. The summed E-state index contributed by atoms with van der Waals surface area (Å²) in [5.74, 6) is 1.45. The lowest BCUT2D eigenvalue weighted by molar-refractivity contribution is -0.138. The number of piperidine rings is 2. The SMILES string of the molecule is CC1CCN(C(=O)[C@H](C)C2CCN(C(=O)c3cc4cc(Cl)ccc4[nH]3)CC2)CC1. The minimum absolute atomic E-state index is 0.0276. The number of aromatic nitrogens is 1. The molecule has 0 bridgehead atoms. The summed E-state index contributed by atoms with van der Waals surface area (Å²) in [5, 5.41) is 1.61. The monoisotopic (exact) mass is 415 g/mol. The van der Waals surface area contributed by atoms with Gasteiger partial charge in [-0.2, -0.15) is 0 Å². The molecule has 1 N–H and O–H groups in total. The van der Waals surface area contributed by atoms with Crippen molar-refractivity contribution in [3.63, 3.8) is 0 Å². The molecule has 2 saturated heterocycles. The zero-order valence-corrected chi connectivity index (χ0v) is 18.0. The molecule has 1 aromatic carbocycles. The van der Waals surface area contributed by atoms with Crippen LogP contribution in [0.25, 0.3) is 10.9 Å². The Morgan fingerprint density at radius 2 is 1.69 bits per heavy atom. The van der Waals surface area contributed by atoms with Crippen molar-refractivity contribution in [2.24, 2.45) is 17.8 Å². The molecule has 0 unspecified atom stereocenters. The molecule has 2 aliphatic rings. The molecule has 0 aliphatic carbocycles. The van der Waals surface area contributed by atoms with Crippen LogP contribution in [0.15, 0.2) is 24.3 Å². The van der Waals surface area contributed by atoms with Crippen LogP contribution in [0.5, 0.6) is 0 Å². The molecule has 156 valence electrons. The normalized spacial score (nSPS) is 20.2. The number of rotatable bonds is 3. The summed E-state index contributed by atoms with van der Waals surface area (Å²) in [6.07, 6.45) is 3.99. The van der Waals surface area contributed by atoms with Crippen LogP contribution in [0.1, 0.15) is 50.0 Å². The quantitative estimate of drug-likeness (QED) is 0.798. The zero-order valence-electron chi connectivity index (χ0n) is 17.3. The van der Waals surface area contributed by atoms with Crippen LogP contribution in [-0.4, -0.2) is 52.8 Å². The molecule has 0 radical (unpaired) electrons. The van der Waals surface area contributed by atoms with E-state index in [1.165, 1.54) is 0 Å². The molecule has 1 atom stereocenters. The van der Waals surface area contributed by atoms with E-state index in [0.29, 0.717) is 35.6 Å². The third-order valence-corrected chi connectivity index (χ3v) is 7.07. The fourth-order valence-corrected chi connectivity index (χ4v) is 4.89. The molecule has 2 fully saturated rings. The number of carbonyl (C=O) groups excluding carboxylic acids is 2. The summed E-state index contributed by atoms with van der Waals surface area (Å²) >= 11 is 6.05. The van der Waals surface area contributed by atoms with Crippen molar-refractivity contribution in [3.8, 4) is 0 Å². The Bertz CT molecular complexity index is 893. The van der Waals surface area contributed by atoms with Crippen molar-refractivity contribution < 1.29 is 9.59 Å². The molecule has 2 amide bonds. The van der Waals surface area contributed by atoms with E-state index in [1.54, 1.807) is 0 Å². The molecule has 1 aromatic heterocycles. The largest absolute Gasteiger partial charge is 0.351 e. The van der Waals surface area contributed by atoms with E-state index in [9.17, 15) is 9.59 Å². The molecule has 5 nitrogen and oxygen atoms in total. The number of nitrogens with zero attached hydrogens (tertiary/aromatic N) is 2. The van der Waals surface area contributed by atoms with Gasteiger partial charge in [0.1, 0.15) is 5.69 Å². The molecule has 3 heterocycles. The summed E-state index contributed by atoms with van der Waals surface area (Å²) in [5.41, 5.74) is 1.52. The van der Waals surface area contributed by atoms with E-state index in [0.717, 1.165) is 55.6 Å². The molecule has 29 heavy (non-hydrogen) atoms. The number of likely N-dealkylation sites (tertiary alicyclic amines) is 2. The summed E-state index contributed by atoms with van der Waals surface area (Å²) in [6.45, 7) is 7.53. The molecule has 2 aromatic rings. The average molecular weight is 416 g/mol. The maximum atomic E-state index is 12.9. The lowest BCUT2D eigenvalue weighted by Gasteiger charge is -2.37. The number of amides is 2. The standard InChI is InChI=1S/C23H30ClN3O2/c1-15-5-9-26(10-6-15)22(28)16(2)17-7-11-27(12-8-17)23(29)21-14-18-13-19(24)3-4-20(18)25-21/h3-4,13-17,25H,5-12H2,1-2H3/t16-/m1/s1. The molecule has 6 heteroatoms. The van der Waals surface area contributed by atoms with Crippen molar-refractivity contribution >= 4 is 34.3 Å². The first-order valence-corrected chi connectivity index (χ1v) is 11.2. The molecular formula is C23H30ClN3O2. The number of benzene rings is 1. The Kier molecular flexibility index (Phi) is 5.86. The van der Waals surface area contributed by atoms with E-state index < -0.39 is 0 Å². The first kappa shape index (κ1) is 20.3.